The van der Waals surface area contributed by atoms with Gasteiger partial charge in [0.25, 0.3) is 0 Å². The zero-order chi connectivity index (χ0) is 19.8. The molecule has 7 nitrogen and oxygen atoms in total. The van der Waals surface area contributed by atoms with Gasteiger partial charge in [-0.3, -0.25) is 4.79 Å². The van der Waals surface area contributed by atoms with Crippen molar-refractivity contribution in [2.75, 3.05) is 38.2 Å². The van der Waals surface area contributed by atoms with Gasteiger partial charge in [-0.05, 0) is 37.8 Å². The molecule has 1 aliphatic carbocycles. The van der Waals surface area contributed by atoms with Crippen LogP contribution in [0.25, 0.3) is 0 Å². The average Bonchev–Trinajstić information content (AvgIpc) is 2.73. The van der Waals surface area contributed by atoms with E-state index in [2.05, 4.69) is 17.6 Å². The van der Waals surface area contributed by atoms with Gasteiger partial charge in [0.05, 0.1) is 25.4 Å². The molecular weight excluding hydrogens is 358 g/mol. The zero-order valence-corrected chi connectivity index (χ0v) is 16.6. The highest BCUT2D eigenvalue weighted by molar-refractivity contribution is 5.89. The Morgan fingerprint density at radius 1 is 1.18 bits per heavy atom. The lowest BCUT2D eigenvalue weighted by atomic mass is 9.82. The minimum Gasteiger partial charge on any atom is -0.378 e. The molecule has 154 valence electrons. The smallest absolute Gasteiger partial charge is 0.319 e. The normalized spacial score (nSPS) is 25.2. The van der Waals surface area contributed by atoms with Crippen molar-refractivity contribution in [3.05, 3.63) is 30.3 Å². The fourth-order valence-corrected chi connectivity index (χ4v) is 3.87. The van der Waals surface area contributed by atoms with Gasteiger partial charge in [0, 0.05) is 31.3 Å². The largest absolute Gasteiger partial charge is 0.378 e. The van der Waals surface area contributed by atoms with Crippen molar-refractivity contribution < 1.29 is 19.1 Å². The molecule has 1 aromatic rings. The van der Waals surface area contributed by atoms with Crippen molar-refractivity contribution in [3.63, 3.8) is 0 Å². The lowest BCUT2D eigenvalue weighted by Crippen LogP contribution is -2.52. The summed E-state index contributed by atoms with van der Waals surface area (Å²) >= 11 is 0. The van der Waals surface area contributed by atoms with Crippen LogP contribution >= 0.6 is 0 Å². The maximum absolute atomic E-state index is 12.9. The summed E-state index contributed by atoms with van der Waals surface area (Å²) in [4.78, 5) is 27.2. The van der Waals surface area contributed by atoms with E-state index in [1.807, 2.05) is 35.2 Å². The molecule has 1 heterocycles. The Labute approximate surface area is 166 Å². The van der Waals surface area contributed by atoms with Gasteiger partial charge in [-0.2, -0.15) is 0 Å². The molecule has 0 unspecified atom stereocenters. The first kappa shape index (κ1) is 20.6. The van der Waals surface area contributed by atoms with E-state index < -0.39 is 0 Å². The number of carbonyl (C=O) groups is 2. The van der Waals surface area contributed by atoms with Crippen molar-refractivity contribution in [3.8, 4) is 0 Å². The number of hydrogen-bond donors (Lipinski definition) is 2. The number of carbonyl (C=O) groups excluding carboxylic acids is 2. The van der Waals surface area contributed by atoms with Crippen molar-refractivity contribution in [1.82, 2.24) is 10.2 Å². The number of ether oxygens (including phenoxy) is 2. The molecule has 3 atom stereocenters. The summed E-state index contributed by atoms with van der Waals surface area (Å²) in [5.41, 5.74) is 0.752. The molecule has 3 amide bonds. The van der Waals surface area contributed by atoms with Crippen molar-refractivity contribution >= 4 is 17.6 Å². The Kier molecular flexibility index (Phi) is 7.68. The molecule has 0 aromatic heterocycles. The number of hydrogen-bond acceptors (Lipinski definition) is 4. The molecule has 2 N–H and O–H groups in total. The molecule has 3 rings (SSSR count). The molecule has 2 aliphatic rings. The summed E-state index contributed by atoms with van der Waals surface area (Å²) in [6.45, 7) is 5.23. The monoisotopic (exact) mass is 389 g/mol. The first-order chi connectivity index (χ1) is 13.7. The number of morpholine rings is 1. The SMILES string of the molecule is CCCO[C@@H]1C[C@@H](C(=O)N2CCOCC2)CC[C@H]1NC(=O)Nc1ccccc1. The highest BCUT2D eigenvalue weighted by Gasteiger charge is 2.37. The first-order valence-corrected chi connectivity index (χ1v) is 10.3. The number of benzene rings is 1. The summed E-state index contributed by atoms with van der Waals surface area (Å²) in [6.07, 6.45) is 2.90. The van der Waals surface area contributed by atoms with Crippen molar-refractivity contribution in [2.45, 2.75) is 44.8 Å². The van der Waals surface area contributed by atoms with E-state index in [1.54, 1.807) is 0 Å². The van der Waals surface area contributed by atoms with Crippen LogP contribution in [-0.2, 0) is 14.3 Å². The Balaban J connectivity index is 1.57. The summed E-state index contributed by atoms with van der Waals surface area (Å²) in [7, 11) is 0. The summed E-state index contributed by atoms with van der Waals surface area (Å²) in [5, 5.41) is 5.90. The van der Waals surface area contributed by atoms with Crippen LogP contribution in [-0.4, -0.2) is 61.9 Å². The lowest BCUT2D eigenvalue weighted by molar-refractivity contribution is -0.143. The quantitative estimate of drug-likeness (QED) is 0.784. The predicted molar refractivity (Wildman–Crippen MR) is 107 cm³/mol. The standard InChI is InChI=1S/C21H31N3O4/c1-2-12-28-19-15-16(20(25)24-10-13-27-14-11-24)8-9-18(19)23-21(26)22-17-6-4-3-5-7-17/h3-7,16,18-19H,2,8-15H2,1H3,(H2,22,23,26)/t16-,18+,19+/m0/s1. The third-order valence-electron chi connectivity index (χ3n) is 5.35. The van der Waals surface area contributed by atoms with Crippen LogP contribution < -0.4 is 10.6 Å². The number of amides is 3. The molecule has 1 aliphatic heterocycles. The van der Waals surface area contributed by atoms with Gasteiger partial charge in [0.15, 0.2) is 0 Å². The molecule has 2 fully saturated rings. The second-order valence-corrected chi connectivity index (χ2v) is 7.43. The third kappa shape index (κ3) is 5.69. The Morgan fingerprint density at radius 3 is 2.64 bits per heavy atom. The summed E-state index contributed by atoms with van der Waals surface area (Å²) in [5.74, 6) is 0.149. The highest BCUT2D eigenvalue weighted by atomic mass is 16.5. The molecular formula is C21H31N3O4. The van der Waals surface area contributed by atoms with Gasteiger partial charge in [-0.25, -0.2) is 4.79 Å². The Bertz CT molecular complexity index is 634. The van der Waals surface area contributed by atoms with Gasteiger partial charge in [0.2, 0.25) is 5.91 Å². The number of urea groups is 1. The van der Waals surface area contributed by atoms with Gasteiger partial charge in [0.1, 0.15) is 0 Å². The van der Waals surface area contributed by atoms with Crippen molar-refractivity contribution in [2.24, 2.45) is 5.92 Å². The molecule has 28 heavy (non-hydrogen) atoms. The zero-order valence-electron chi connectivity index (χ0n) is 16.6. The van der Waals surface area contributed by atoms with Crippen LogP contribution in [0.5, 0.6) is 0 Å². The third-order valence-corrected chi connectivity index (χ3v) is 5.35. The molecule has 1 saturated heterocycles. The van der Waals surface area contributed by atoms with Gasteiger partial charge in [-0.15, -0.1) is 0 Å². The molecule has 1 saturated carbocycles. The highest BCUT2D eigenvalue weighted by Crippen LogP contribution is 2.29. The number of nitrogens with zero attached hydrogens (tertiary/aromatic N) is 1. The topological polar surface area (TPSA) is 79.9 Å². The van der Waals surface area contributed by atoms with Gasteiger partial charge >= 0.3 is 6.03 Å². The number of para-hydroxylation sites is 1. The fraction of sp³-hybridized carbons (Fsp3) is 0.619. The van der Waals surface area contributed by atoms with E-state index in [-0.39, 0.29) is 30.0 Å². The minimum atomic E-state index is -0.237. The van der Waals surface area contributed by atoms with Crippen LogP contribution in [0.4, 0.5) is 10.5 Å². The van der Waals surface area contributed by atoms with E-state index in [0.29, 0.717) is 39.3 Å². The lowest BCUT2D eigenvalue weighted by Gasteiger charge is -2.38. The Hall–Kier alpha value is -2.12. The van der Waals surface area contributed by atoms with Gasteiger partial charge < -0.3 is 25.0 Å². The summed E-state index contributed by atoms with van der Waals surface area (Å²) < 4.78 is 11.4. The van der Waals surface area contributed by atoms with E-state index in [1.165, 1.54) is 0 Å². The van der Waals surface area contributed by atoms with Gasteiger partial charge in [-0.1, -0.05) is 25.1 Å². The number of anilines is 1. The van der Waals surface area contributed by atoms with Crippen LogP contribution in [0, 0.1) is 5.92 Å². The average molecular weight is 389 g/mol. The maximum Gasteiger partial charge on any atom is 0.319 e. The summed E-state index contributed by atoms with van der Waals surface area (Å²) in [6, 6.07) is 9.04. The van der Waals surface area contributed by atoms with Crippen LogP contribution in [0.1, 0.15) is 32.6 Å². The Morgan fingerprint density at radius 2 is 1.93 bits per heavy atom. The molecule has 0 bridgehead atoms. The van der Waals surface area contributed by atoms with Crippen LogP contribution in [0.3, 0.4) is 0 Å². The first-order valence-electron chi connectivity index (χ1n) is 10.3. The van der Waals surface area contributed by atoms with E-state index in [0.717, 1.165) is 24.9 Å². The van der Waals surface area contributed by atoms with Crippen LogP contribution in [0.2, 0.25) is 0 Å². The van der Waals surface area contributed by atoms with E-state index in [4.69, 9.17) is 9.47 Å². The molecule has 0 spiro atoms. The predicted octanol–water partition coefficient (Wildman–Crippen LogP) is 2.63. The second-order valence-electron chi connectivity index (χ2n) is 7.43. The molecule has 0 radical (unpaired) electrons. The molecule has 1 aromatic carbocycles. The second kappa shape index (κ2) is 10.4. The minimum absolute atomic E-state index is 0.0461. The van der Waals surface area contributed by atoms with E-state index in [9.17, 15) is 9.59 Å². The molecule has 7 heteroatoms. The fourth-order valence-electron chi connectivity index (χ4n) is 3.87. The van der Waals surface area contributed by atoms with E-state index >= 15 is 0 Å². The number of rotatable bonds is 6. The maximum atomic E-state index is 12.9. The number of nitrogens with one attached hydrogen (secondary N) is 2. The van der Waals surface area contributed by atoms with Crippen molar-refractivity contribution in [1.29, 1.82) is 0 Å². The van der Waals surface area contributed by atoms with Crippen LogP contribution in [0.15, 0.2) is 30.3 Å².